The highest BCUT2D eigenvalue weighted by atomic mass is 16.5. The van der Waals surface area contributed by atoms with Crippen LogP contribution in [0.3, 0.4) is 0 Å². The summed E-state index contributed by atoms with van der Waals surface area (Å²) in [4.78, 5) is 20.7. The summed E-state index contributed by atoms with van der Waals surface area (Å²) in [5, 5.41) is 5.99. The fraction of sp³-hybridized carbons (Fsp3) is 0.167. The Morgan fingerprint density at radius 1 is 0.967 bits per heavy atom. The van der Waals surface area contributed by atoms with E-state index >= 15 is 0 Å². The molecule has 0 saturated heterocycles. The fourth-order valence-electron chi connectivity index (χ4n) is 3.34. The van der Waals surface area contributed by atoms with E-state index in [2.05, 4.69) is 15.6 Å². The quantitative estimate of drug-likeness (QED) is 0.431. The maximum Gasteiger partial charge on any atom is 0.315 e. The molecule has 30 heavy (non-hydrogen) atoms. The summed E-state index contributed by atoms with van der Waals surface area (Å²) in [6.07, 6.45) is 0.600. The average Bonchev–Trinajstić information content (AvgIpc) is 3.23. The maximum absolute atomic E-state index is 12.6. The molecule has 1 aromatic heterocycles. The summed E-state index contributed by atoms with van der Waals surface area (Å²) in [5.74, 6) is 1.52. The number of H-pyrrole nitrogens is 1. The summed E-state index contributed by atoms with van der Waals surface area (Å²) in [5.41, 5.74) is 3.94. The molecule has 1 atom stereocenters. The van der Waals surface area contributed by atoms with Crippen LogP contribution in [-0.4, -0.2) is 23.1 Å². The third-order valence-electron chi connectivity index (χ3n) is 4.94. The number of rotatable bonds is 7. The minimum atomic E-state index is -0.304. The molecule has 0 fully saturated rings. The number of hydrogen-bond donors (Lipinski definition) is 3. The summed E-state index contributed by atoms with van der Waals surface area (Å²) < 4.78 is 5.24. The van der Waals surface area contributed by atoms with Gasteiger partial charge in [-0.15, -0.1) is 0 Å². The largest absolute Gasteiger partial charge is 0.497 e. The van der Waals surface area contributed by atoms with Crippen LogP contribution in [0.15, 0.2) is 78.9 Å². The van der Waals surface area contributed by atoms with Crippen LogP contribution in [0.5, 0.6) is 5.75 Å². The number of ether oxygens (including phenoxy) is 1. The number of carbonyl (C=O) groups excluding carboxylic acids is 1. The minimum absolute atomic E-state index is 0.238. The van der Waals surface area contributed by atoms with Crippen molar-refractivity contribution in [3.05, 3.63) is 95.8 Å². The first-order valence-electron chi connectivity index (χ1n) is 9.87. The van der Waals surface area contributed by atoms with Crippen LogP contribution < -0.4 is 15.4 Å². The molecule has 0 aliphatic carbocycles. The molecule has 4 aromatic rings. The lowest BCUT2D eigenvalue weighted by molar-refractivity contribution is 0.236. The number of para-hydroxylation sites is 2. The topological polar surface area (TPSA) is 79.0 Å². The SMILES string of the molecule is COc1ccc(CC(NC(=O)NCc2ccccc2)c2nc3ccccc3[nH]2)cc1. The van der Waals surface area contributed by atoms with E-state index in [1.54, 1.807) is 7.11 Å². The number of aromatic nitrogens is 2. The molecule has 0 spiro atoms. The van der Waals surface area contributed by atoms with Gasteiger partial charge >= 0.3 is 6.03 Å². The molecule has 6 nitrogen and oxygen atoms in total. The van der Waals surface area contributed by atoms with Crippen molar-refractivity contribution in [3.63, 3.8) is 0 Å². The zero-order valence-electron chi connectivity index (χ0n) is 16.8. The van der Waals surface area contributed by atoms with Crippen molar-refractivity contribution < 1.29 is 9.53 Å². The van der Waals surface area contributed by atoms with E-state index < -0.39 is 0 Å². The van der Waals surface area contributed by atoms with Crippen molar-refractivity contribution in [2.24, 2.45) is 0 Å². The molecular weight excluding hydrogens is 376 g/mol. The van der Waals surface area contributed by atoms with Gasteiger partial charge in [0.2, 0.25) is 0 Å². The minimum Gasteiger partial charge on any atom is -0.497 e. The number of fused-ring (bicyclic) bond motifs is 1. The number of amides is 2. The number of carbonyl (C=O) groups is 1. The van der Waals surface area contributed by atoms with Gasteiger partial charge in [-0.25, -0.2) is 9.78 Å². The molecule has 1 heterocycles. The van der Waals surface area contributed by atoms with Gasteiger partial charge in [-0.05, 0) is 41.8 Å². The smallest absolute Gasteiger partial charge is 0.315 e. The lowest BCUT2D eigenvalue weighted by Crippen LogP contribution is -2.38. The molecule has 3 N–H and O–H groups in total. The van der Waals surface area contributed by atoms with Crippen molar-refractivity contribution in [2.45, 2.75) is 19.0 Å². The molecule has 6 heteroatoms. The lowest BCUT2D eigenvalue weighted by atomic mass is 10.1. The van der Waals surface area contributed by atoms with E-state index in [1.165, 1.54) is 0 Å². The van der Waals surface area contributed by atoms with Crippen LogP contribution in [0.4, 0.5) is 4.79 Å². The second-order valence-electron chi connectivity index (χ2n) is 7.06. The monoisotopic (exact) mass is 400 g/mol. The van der Waals surface area contributed by atoms with E-state index in [1.807, 2.05) is 78.9 Å². The summed E-state index contributed by atoms with van der Waals surface area (Å²) in [7, 11) is 1.64. The maximum atomic E-state index is 12.6. The summed E-state index contributed by atoms with van der Waals surface area (Å²) in [6, 6.07) is 25.0. The van der Waals surface area contributed by atoms with Crippen molar-refractivity contribution in [3.8, 4) is 5.75 Å². The van der Waals surface area contributed by atoms with Crippen LogP contribution in [0.25, 0.3) is 11.0 Å². The number of benzene rings is 3. The van der Waals surface area contributed by atoms with E-state index in [9.17, 15) is 4.79 Å². The van der Waals surface area contributed by atoms with E-state index in [0.717, 1.165) is 33.7 Å². The predicted octanol–water partition coefficient (Wildman–Crippen LogP) is 4.35. The van der Waals surface area contributed by atoms with Crippen molar-refractivity contribution in [1.29, 1.82) is 0 Å². The van der Waals surface area contributed by atoms with Crippen LogP contribution in [0.2, 0.25) is 0 Å². The van der Waals surface area contributed by atoms with Crippen molar-refractivity contribution >= 4 is 17.1 Å². The number of nitrogens with zero attached hydrogens (tertiary/aromatic N) is 1. The number of hydrogen-bond acceptors (Lipinski definition) is 3. The molecule has 0 saturated carbocycles. The summed E-state index contributed by atoms with van der Waals surface area (Å²) >= 11 is 0. The Kier molecular flexibility index (Phi) is 5.94. The molecular formula is C24H24N4O2. The number of nitrogens with one attached hydrogen (secondary N) is 3. The molecule has 2 amide bonds. The second kappa shape index (κ2) is 9.13. The molecule has 0 radical (unpaired) electrons. The van der Waals surface area contributed by atoms with Crippen LogP contribution in [-0.2, 0) is 13.0 Å². The van der Waals surface area contributed by atoms with Crippen molar-refractivity contribution in [1.82, 2.24) is 20.6 Å². The average molecular weight is 400 g/mol. The molecule has 0 bridgehead atoms. The second-order valence-corrected chi connectivity index (χ2v) is 7.06. The lowest BCUT2D eigenvalue weighted by Gasteiger charge is -2.18. The van der Waals surface area contributed by atoms with Gasteiger partial charge in [-0.1, -0.05) is 54.6 Å². The Labute approximate surface area is 175 Å². The third kappa shape index (κ3) is 4.78. The highest BCUT2D eigenvalue weighted by Gasteiger charge is 2.19. The number of imidazole rings is 1. The molecule has 0 aliphatic heterocycles. The van der Waals surface area contributed by atoms with Gasteiger partial charge in [0.05, 0.1) is 24.2 Å². The van der Waals surface area contributed by atoms with Gasteiger partial charge in [-0.2, -0.15) is 0 Å². The molecule has 3 aromatic carbocycles. The zero-order valence-corrected chi connectivity index (χ0v) is 16.8. The molecule has 1 unspecified atom stereocenters. The van der Waals surface area contributed by atoms with Gasteiger partial charge in [0, 0.05) is 6.54 Å². The summed E-state index contributed by atoms with van der Waals surface area (Å²) in [6.45, 7) is 0.460. The van der Waals surface area contributed by atoms with E-state index in [0.29, 0.717) is 13.0 Å². The highest BCUT2D eigenvalue weighted by molar-refractivity contribution is 5.76. The number of urea groups is 1. The number of methoxy groups -OCH3 is 1. The van der Waals surface area contributed by atoms with Crippen LogP contribution in [0.1, 0.15) is 23.0 Å². The Hall–Kier alpha value is -3.80. The molecule has 152 valence electrons. The van der Waals surface area contributed by atoms with E-state index in [-0.39, 0.29) is 12.1 Å². The van der Waals surface area contributed by atoms with Gasteiger partial charge in [0.15, 0.2) is 0 Å². The Bertz CT molecular complexity index is 1070. The first-order valence-corrected chi connectivity index (χ1v) is 9.87. The van der Waals surface area contributed by atoms with Gasteiger partial charge in [0.25, 0.3) is 0 Å². The van der Waals surface area contributed by atoms with Crippen LogP contribution >= 0.6 is 0 Å². The Morgan fingerprint density at radius 3 is 2.43 bits per heavy atom. The Balaban J connectivity index is 1.52. The van der Waals surface area contributed by atoms with Gasteiger partial charge in [-0.3, -0.25) is 0 Å². The first kappa shape index (κ1) is 19.5. The van der Waals surface area contributed by atoms with E-state index in [4.69, 9.17) is 9.72 Å². The first-order chi connectivity index (χ1) is 14.7. The van der Waals surface area contributed by atoms with Gasteiger partial charge in [0.1, 0.15) is 11.6 Å². The third-order valence-corrected chi connectivity index (χ3v) is 4.94. The standard InChI is InChI=1S/C24H24N4O2/c1-30-19-13-11-17(12-14-19)15-22(23-26-20-9-5-6-10-21(20)27-23)28-24(29)25-16-18-7-3-2-4-8-18/h2-14,22H,15-16H2,1H3,(H,26,27)(H2,25,28,29). The predicted molar refractivity (Wildman–Crippen MR) is 117 cm³/mol. The van der Waals surface area contributed by atoms with Crippen LogP contribution in [0, 0.1) is 0 Å². The normalized spacial score (nSPS) is 11.8. The van der Waals surface area contributed by atoms with Gasteiger partial charge < -0.3 is 20.4 Å². The fourth-order valence-corrected chi connectivity index (χ4v) is 3.34. The zero-order chi connectivity index (χ0) is 20.8. The number of aromatic amines is 1. The molecule has 0 aliphatic rings. The molecule has 4 rings (SSSR count). The highest BCUT2D eigenvalue weighted by Crippen LogP contribution is 2.21. The Morgan fingerprint density at radius 2 is 1.70 bits per heavy atom. The van der Waals surface area contributed by atoms with Crippen molar-refractivity contribution in [2.75, 3.05) is 7.11 Å².